The number of aliphatic hydroxyl groups is 1. The van der Waals surface area contributed by atoms with Crippen molar-refractivity contribution in [3.05, 3.63) is 18.0 Å². The van der Waals surface area contributed by atoms with Crippen LogP contribution in [-0.4, -0.2) is 35.2 Å². The molecule has 1 aliphatic heterocycles. The largest absolute Gasteiger partial charge is 0.388 e. The lowest BCUT2D eigenvalue weighted by Crippen LogP contribution is -2.37. The van der Waals surface area contributed by atoms with E-state index in [0.717, 1.165) is 0 Å². The number of aromatic nitrogens is 2. The molecule has 6 heteroatoms. The highest BCUT2D eigenvalue weighted by atomic mass is 32.2. The highest BCUT2D eigenvalue weighted by Crippen LogP contribution is 2.28. The number of aromatic amines is 1. The molecule has 0 radical (unpaired) electrons. The zero-order chi connectivity index (χ0) is 10.2. The SMILES string of the molecule is O=S1(=O)CC(CC(O)c2cn[nH]c2)C1. The lowest BCUT2D eigenvalue weighted by atomic mass is 10.0. The van der Waals surface area contributed by atoms with E-state index in [4.69, 9.17) is 0 Å². The summed E-state index contributed by atoms with van der Waals surface area (Å²) in [5.74, 6) is 0.522. The third-order valence-electron chi connectivity index (χ3n) is 2.44. The zero-order valence-electron chi connectivity index (χ0n) is 7.55. The van der Waals surface area contributed by atoms with E-state index in [9.17, 15) is 13.5 Å². The Morgan fingerprint density at radius 1 is 1.64 bits per heavy atom. The first-order valence-electron chi connectivity index (χ1n) is 4.44. The monoisotopic (exact) mass is 216 g/mol. The van der Waals surface area contributed by atoms with Gasteiger partial charge in [0, 0.05) is 11.8 Å². The molecule has 14 heavy (non-hydrogen) atoms. The van der Waals surface area contributed by atoms with Crippen molar-refractivity contribution in [3.8, 4) is 0 Å². The summed E-state index contributed by atoms with van der Waals surface area (Å²) >= 11 is 0. The Labute approximate surface area is 82.1 Å². The molecule has 1 saturated heterocycles. The molecule has 1 aromatic rings. The number of hydrogen-bond donors (Lipinski definition) is 2. The summed E-state index contributed by atoms with van der Waals surface area (Å²) in [5, 5.41) is 16.0. The van der Waals surface area contributed by atoms with Crippen LogP contribution in [0, 0.1) is 5.92 Å². The molecule has 0 saturated carbocycles. The minimum Gasteiger partial charge on any atom is -0.388 e. The topological polar surface area (TPSA) is 83.1 Å². The molecule has 78 valence electrons. The van der Waals surface area contributed by atoms with Gasteiger partial charge in [0.15, 0.2) is 9.84 Å². The summed E-state index contributed by atoms with van der Waals surface area (Å²) in [4.78, 5) is 0. The number of aliphatic hydroxyl groups excluding tert-OH is 1. The van der Waals surface area contributed by atoms with Crippen LogP contribution in [0.15, 0.2) is 12.4 Å². The first kappa shape index (κ1) is 9.67. The fourth-order valence-corrected chi connectivity index (χ4v) is 3.31. The average Bonchev–Trinajstić information content (AvgIpc) is 2.51. The molecule has 0 aliphatic carbocycles. The number of nitrogens with one attached hydrogen (secondary N) is 1. The van der Waals surface area contributed by atoms with E-state index in [0.29, 0.717) is 12.0 Å². The fourth-order valence-electron chi connectivity index (χ4n) is 1.70. The molecular weight excluding hydrogens is 204 g/mol. The molecule has 1 atom stereocenters. The maximum Gasteiger partial charge on any atom is 0.150 e. The fraction of sp³-hybridized carbons (Fsp3) is 0.625. The van der Waals surface area contributed by atoms with E-state index in [1.807, 2.05) is 0 Å². The van der Waals surface area contributed by atoms with Gasteiger partial charge in [-0.25, -0.2) is 8.42 Å². The van der Waals surface area contributed by atoms with Crippen molar-refractivity contribution >= 4 is 9.84 Å². The van der Waals surface area contributed by atoms with Crippen molar-refractivity contribution < 1.29 is 13.5 Å². The van der Waals surface area contributed by atoms with Crippen molar-refractivity contribution in [3.63, 3.8) is 0 Å². The first-order valence-corrected chi connectivity index (χ1v) is 6.26. The van der Waals surface area contributed by atoms with E-state index in [-0.39, 0.29) is 17.4 Å². The molecule has 0 spiro atoms. The van der Waals surface area contributed by atoms with Gasteiger partial charge in [-0.1, -0.05) is 0 Å². The first-order chi connectivity index (χ1) is 6.57. The Morgan fingerprint density at radius 2 is 2.36 bits per heavy atom. The molecule has 2 rings (SSSR count). The summed E-state index contributed by atoms with van der Waals surface area (Å²) in [6, 6.07) is 0. The van der Waals surface area contributed by atoms with Crippen LogP contribution < -0.4 is 0 Å². The molecule has 1 aromatic heterocycles. The van der Waals surface area contributed by atoms with Crippen LogP contribution in [0.25, 0.3) is 0 Å². The van der Waals surface area contributed by atoms with E-state index in [1.165, 1.54) is 0 Å². The van der Waals surface area contributed by atoms with Gasteiger partial charge in [-0.15, -0.1) is 0 Å². The third-order valence-corrected chi connectivity index (χ3v) is 4.40. The van der Waals surface area contributed by atoms with Gasteiger partial charge in [0.05, 0.1) is 23.8 Å². The summed E-state index contributed by atoms with van der Waals surface area (Å²) < 4.78 is 21.7. The smallest absolute Gasteiger partial charge is 0.150 e. The normalized spacial score (nSPS) is 22.9. The maximum absolute atomic E-state index is 10.9. The van der Waals surface area contributed by atoms with Crippen LogP contribution in [-0.2, 0) is 9.84 Å². The van der Waals surface area contributed by atoms with Gasteiger partial charge in [0.2, 0.25) is 0 Å². The van der Waals surface area contributed by atoms with Gasteiger partial charge in [0.1, 0.15) is 0 Å². The molecule has 0 aromatic carbocycles. The van der Waals surface area contributed by atoms with Crippen molar-refractivity contribution in [1.29, 1.82) is 0 Å². The lowest BCUT2D eigenvalue weighted by molar-refractivity contribution is 0.149. The molecule has 5 nitrogen and oxygen atoms in total. The number of rotatable bonds is 3. The number of sulfone groups is 1. The second kappa shape index (κ2) is 3.36. The summed E-state index contributed by atoms with van der Waals surface area (Å²) in [6.45, 7) is 0. The molecule has 0 amide bonds. The molecule has 1 fully saturated rings. The minimum absolute atomic E-state index is 0.102. The zero-order valence-corrected chi connectivity index (χ0v) is 8.37. The predicted molar refractivity (Wildman–Crippen MR) is 50.3 cm³/mol. The van der Waals surface area contributed by atoms with Gasteiger partial charge in [-0.3, -0.25) is 5.10 Å². The molecular formula is C8H12N2O3S. The quantitative estimate of drug-likeness (QED) is 0.737. The third kappa shape index (κ3) is 1.96. The molecule has 2 N–H and O–H groups in total. The van der Waals surface area contributed by atoms with Crippen molar-refractivity contribution in [2.24, 2.45) is 5.92 Å². The van der Waals surface area contributed by atoms with E-state index >= 15 is 0 Å². The number of nitrogens with zero attached hydrogens (tertiary/aromatic N) is 1. The Morgan fingerprint density at radius 3 is 2.86 bits per heavy atom. The van der Waals surface area contributed by atoms with E-state index < -0.39 is 15.9 Å². The van der Waals surface area contributed by atoms with Gasteiger partial charge in [-0.2, -0.15) is 5.10 Å². The summed E-state index contributed by atoms with van der Waals surface area (Å²) in [5.41, 5.74) is 0.717. The summed E-state index contributed by atoms with van der Waals surface area (Å²) in [7, 11) is -2.78. The van der Waals surface area contributed by atoms with Gasteiger partial charge in [0.25, 0.3) is 0 Å². The number of hydrogen-bond acceptors (Lipinski definition) is 4. The minimum atomic E-state index is -2.78. The van der Waals surface area contributed by atoms with Crippen LogP contribution in [0.1, 0.15) is 18.1 Å². The molecule has 0 bridgehead atoms. The predicted octanol–water partition coefficient (Wildman–Crippen LogP) is -0.122. The highest BCUT2D eigenvalue weighted by molar-refractivity contribution is 7.92. The van der Waals surface area contributed by atoms with Crippen LogP contribution in [0.2, 0.25) is 0 Å². The molecule has 1 aliphatic rings. The summed E-state index contributed by atoms with van der Waals surface area (Å²) in [6.07, 6.45) is 3.07. The average molecular weight is 216 g/mol. The Balaban J connectivity index is 1.88. The molecule has 1 unspecified atom stereocenters. The Bertz CT molecular complexity index is 386. The highest BCUT2D eigenvalue weighted by Gasteiger charge is 2.34. The van der Waals surface area contributed by atoms with Crippen molar-refractivity contribution in [2.45, 2.75) is 12.5 Å². The van der Waals surface area contributed by atoms with Gasteiger partial charge < -0.3 is 5.11 Å². The van der Waals surface area contributed by atoms with Crippen LogP contribution in [0.4, 0.5) is 0 Å². The van der Waals surface area contributed by atoms with Crippen molar-refractivity contribution in [2.75, 3.05) is 11.5 Å². The van der Waals surface area contributed by atoms with Crippen LogP contribution in [0.5, 0.6) is 0 Å². The van der Waals surface area contributed by atoms with Gasteiger partial charge >= 0.3 is 0 Å². The van der Waals surface area contributed by atoms with Crippen molar-refractivity contribution in [1.82, 2.24) is 10.2 Å². The Kier molecular flexibility index (Phi) is 2.32. The molecule has 2 heterocycles. The standard InChI is InChI=1S/C8H12N2O3S/c11-8(7-2-9-10-3-7)1-6-4-14(12,13)5-6/h2-3,6,8,11H,1,4-5H2,(H,9,10). The number of H-pyrrole nitrogens is 1. The van der Waals surface area contributed by atoms with E-state index in [1.54, 1.807) is 12.4 Å². The second-order valence-corrected chi connectivity index (χ2v) is 5.88. The lowest BCUT2D eigenvalue weighted by Gasteiger charge is -2.27. The van der Waals surface area contributed by atoms with E-state index in [2.05, 4.69) is 10.2 Å². The van der Waals surface area contributed by atoms with Crippen LogP contribution in [0.3, 0.4) is 0 Å². The maximum atomic E-state index is 10.9. The van der Waals surface area contributed by atoms with Gasteiger partial charge in [-0.05, 0) is 12.3 Å². The Hall–Kier alpha value is -0.880. The van der Waals surface area contributed by atoms with Crippen LogP contribution >= 0.6 is 0 Å². The second-order valence-electron chi connectivity index (χ2n) is 3.73.